The summed E-state index contributed by atoms with van der Waals surface area (Å²) in [4.78, 5) is 11.3. The Bertz CT molecular complexity index is 164. The lowest BCUT2D eigenvalue weighted by Gasteiger charge is -2.20. The lowest BCUT2D eigenvalue weighted by molar-refractivity contribution is -0.120. The predicted molar refractivity (Wildman–Crippen MR) is 63.6 cm³/mol. The minimum Gasteiger partial charge on any atom is -0.352 e. The molecule has 0 radical (unpaired) electrons. The Morgan fingerprint density at radius 1 is 1.46 bits per heavy atom. The van der Waals surface area contributed by atoms with Gasteiger partial charge in [-0.3, -0.25) is 4.79 Å². The number of hydrogen-bond donors (Lipinski definition) is 1. The van der Waals surface area contributed by atoms with Crippen molar-refractivity contribution in [3.63, 3.8) is 0 Å². The molecule has 0 spiro atoms. The first-order valence-corrected chi connectivity index (χ1v) is 6.57. The number of nitrogens with one attached hydrogen (secondary N) is 1. The van der Waals surface area contributed by atoms with Gasteiger partial charge in [0.25, 0.3) is 0 Å². The molecule has 0 saturated heterocycles. The van der Waals surface area contributed by atoms with E-state index >= 15 is 0 Å². The van der Waals surface area contributed by atoms with Crippen molar-refractivity contribution in [3.8, 4) is 0 Å². The Hall–Kier alpha value is 0.430. The smallest absolute Gasteiger partial charge is 0.234 e. The summed E-state index contributed by atoms with van der Waals surface area (Å²) in [5, 5.41) is 3.61. The summed E-state index contributed by atoms with van der Waals surface area (Å²) in [6, 6.07) is 0.247. The molecule has 13 heavy (non-hydrogen) atoms. The number of halogens is 2. The summed E-state index contributed by atoms with van der Waals surface area (Å²) in [6.07, 6.45) is 1.09. The maximum absolute atomic E-state index is 11.4. The van der Waals surface area contributed by atoms with E-state index in [4.69, 9.17) is 0 Å². The van der Waals surface area contributed by atoms with Crippen LogP contribution >= 0.6 is 31.9 Å². The Morgan fingerprint density at radius 2 is 2.00 bits per heavy atom. The number of alkyl halides is 2. The average molecular weight is 315 g/mol. The summed E-state index contributed by atoms with van der Waals surface area (Å²) in [6.45, 7) is 6.31. The second-order valence-electron chi connectivity index (χ2n) is 3.30. The van der Waals surface area contributed by atoms with E-state index in [1.54, 1.807) is 0 Å². The highest BCUT2D eigenvalue weighted by Gasteiger charge is 2.17. The zero-order chi connectivity index (χ0) is 10.4. The first-order valence-electron chi connectivity index (χ1n) is 4.53. The van der Waals surface area contributed by atoms with E-state index in [0.29, 0.717) is 11.2 Å². The van der Waals surface area contributed by atoms with E-state index in [0.717, 1.165) is 6.42 Å². The molecule has 3 unspecified atom stereocenters. The largest absolute Gasteiger partial charge is 0.352 e. The highest BCUT2D eigenvalue weighted by Crippen LogP contribution is 2.09. The van der Waals surface area contributed by atoms with Crippen LogP contribution in [0.5, 0.6) is 0 Å². The lowest BCUT2D eigenvalue weighted by Crippen LogP contribution is -2.41. The van der Waals surface area contributed by atoms with Gasteiger partial charge in [0.15, 0.2) is 0 Å². The normalized spacial score (nSPS) is 17.6. The highest BCUT2D eigenvalue weighted by atomic mass is 79.9. The van der Waals surface area contributed by atoms with E-state index in [2.05, 4.69) is 51.0 Å². The van der Waals surface area contributed by atoms with Crippen molar-refractivity contribution in [2.75, 3.05) is 5.33 Å². The molecule has 3 atom stereocenters. The molecule has 0 fully saturated rings. The van der Waals surface area contributed by atoms with Crippen LogP contribution in [0.4, 0.5) is 0 Å². The van der Waals surface area contributed by atoms with Gasteiger partial charge < -0.3 is 5.32 Å². The molecule has 0 aliphatic rings. The van der Waals surface area contributed by atoms with Crippen LogP contribution in [-0.2, 0) is 4.79 Å². The number of carbonyl (C=O) groups is 1. The second-order valence-corrected chi connectivity index (χ2v) is 5.06. The van der Waals surface area contributed by atoms with E-state index in [9.17, 15) is 4.79 Å². The maximum Gasteiger partial charge on any atom is 0.234 e. The third-order valence-corrected chi connectivity index (χ3v) is 4.54. The summed E-state index contributed by atoms with van der Waals surface area (Å²) in [7, 11) is 0. The molecule has 0 aromatic carbocycles. The van der Waals surface area contributed by atoms with Crippen molar-refractivity contribution >= 4 is 37.8 Å². The number of amides is 1. The summed E-state index contributed by atoms with van der Waals surface area (Å²) < 4.78 is 0. The van der Waals surface area contributed by atoms with Gasteiger partial charge >= 0.3 is 0 Å². The van der Waals surface area contributed by atoms with Gasteiger partial charge in [-0.05, 0) is 12.8 Å². The van der Waals surface area contributed by atoms with Gasteiger partial charge in [0.2, 0.25) is 5.91 Å². The monoisotopic (exact) mass is 313 g/mol. The van der Waals surface area contributed by atoms with Crippen molar-refractivity contribution in [2.45, 2.75) is 38.1 Å². The number of hydrogen-bond acceptors (Lipinski definition) is 1. The molecule has 1 N–H and O–H groups in total. The van der Waals surface area contributed by atoms with Crippen LogP contribution in [0.25, 0.3) is 0 Å². The van der Waals surface area contributed by atoms with Gasteiger partial charge in [0.05, 0.1) is 0 Å². The summed E-state index contributed by atoms with van der Waals surface area (Å²) in [5.74, 6) is 0.587. The zero-order valence-electron chi connectivity index (χ0n) is 8.31. The van der Waals surface area contributed by atoms with Crippen LogP contribution < -0.4 is 5.32 Å². The molecule has 2 nitrogen and oxygen atoms in total. The van der Waals surface area contributed by atoms with Crippen molar-refractivity contribution in [3.05, 3.63) is 0 Å². The van der Waals surface area contributed by atoms with Gasteiger partial charge in [-0.2, -0.15) is 0 Å². The van der Waals surface area contributed by atoms with Gasteiger partial charge in [0, 0.05) is 11.4 Å². The SMILES string of the molecule is CCC(C)C(C)NC(=O)C(Br)CBr. The zero-order valence-corrected chi connectivity index (χ0v) is 11.5. The Kier molecular flexibility index (Phi) is 7.05. The van der Waals surface area contributed by atoms with Crippen molar-refractivity contribution < 1.29 is 4.79 Å². The second kappa shape index (κ2) is 6.82. The molecular formula is C9H17Br2NO. The van der Waals surface area contributed by atoms with Crippen molar-refractivity contribution in [1.29, 1.82) is 0 Å². The molecule has 0 aliphatic carbocycles. The first-order chi connectivity index (χ1) is 6.02. The topological polar surface area (TPSA) is 29.1 Å². The van der Waals surface area contributed by atoms with Crippen LogP contribution in [0.1, 0.15) is 27.2 Å². The molecule has 0 heterocycles. The molecule has 0 aromatic heterocycles. The molecule has 0 saturated carbocycles. The van der Waals surface area contributed by atoms with Crippen molar-refractivity contribution in [2.24, 2.45) is 5.92 Å². The average Bonchev–Trinajstić information content (AvgIpc) is 2.14. The fourth-order valence-electron chi connectivity index (χ4n) is 0.881. The minimum atomic E-state index is -0.126. The van der Waals surface area contributed by atoms with Gasteiger partial charge in [-0.1, -0.05) is 52.1 Å². The molecule has 0 bridgehead atoms. The van der Waals surface area contributed by atoms with Crippen LogP contribution in [-0.4, -0.2) is 22.1 Å². The molecule has 0 aliphatic heterocycles. The molecule has 4 heteroatoms. The van der Waals surface area contributed by atoms with E-state index in [1.807, 2.05) is 6.92 Å². The van der Waals surface area contributed by atoms with Gasteiger partial charge in [0.1, 0.15) is 4.83 Å². The molecule has 0 aromatic rings. The summed E-state index contributed by atoms with van der Waals surface area (Å²) in [5.41, 5.74) is 0. The predicted octanol–water partition coefficient (Wildman–Crippen LogP) is 2.70. The Labute approximate surface area is 97.1 Å². The fourth-order valence-corrected chi connectivity index (χ4v) is 1.31. The van der Waals surface area contributed by atoms with Gasteiger partial charge in [-0.25, -0.2) is 0 Å². The first kappa shape index (κ1) is 13.4. The van der Waals surface area contributed by atoms with Crippen molar-refractivity contribution in [1.82, 2.24) is 5.32 Å². The minimum absolute atomic E-state index is 0.0599. The van der Waals surface area contributed by atoms with Gasteiger partial charge in [-0.15, -0.1) is 0 Å². The van der Waals surface area contributed by atoms with Crippen LogP contribution in [0.3, 0.4) is 0 Å². The lowest BCUT2D eigenvalue weighted by atomic mass is 10.0. The van der Waals surface area contributed by atoms with Crippen LogP contribution in [0.15, 0.2) is 0 Å². The van der Waals surface area contributed by atoms with E-state index in [1.165, 1.54) is 0 Å². The molecule has 1 amide bonds. The number of carbonyl (C=O) groups excluding carboxylic acids is 1. The standard InChI is InChI=1S/C9H17Br2NO/c1-4-6(2)7(3)12-9(13)8(11)5-10/h6-8H,4-5H2,1-3H3,(H,12,13). The quantitative estimate of drug-likeness (QED) is 0.777. The molecule has 0 rings (SSSR count). The summed E-state index contributed by atoms with van der Waals surface area (Å²) >= 11 is 6.53. The van der Waals surface area contributed by atoms with E-state index in [-0.39, 0.29) is 16.8 Å². The van der Waals surface area contributed by atoms with Crippen LogP contribution in [0, 0.1) is 5.92 Å². The highest BCUT2D eigenvalue weighted by molar-refractivity contribution is 9.12. The fraction of sp³-hybridized carbons (Fsp3) is 0.889. The molecular weight excluding hydrogens is 298 g/mol. The maximum atomic E-state index is 11.4. The molecule has 78 valence electrons. The third kappa shape index (κ3) is 5.01. The third-order valence-electron chi connectivity index (χ3n) is 2.29. The number of rotatable bonds is 5. The Balaban J connectivity index is 3.91. The van der Waals surface area contributed by atoms with E-state index < -0.39 is 0 Å². The Morgan fingerprint density at radius 3 is 2.38 bits per heavy atom. The van der Waals surface area contributed by atoms with Crippen LogP contribution in [0.2, 0.25) is 0 Å².